The molecule has 0 spiro atoms. The summed E-state index contributed by atoms with van der Waals surface area (Å²) in [5.74, 6) is -1.05. The van der Waals surface area contributed by atoms with E-state index in [4.69, 9.17) is 21.1 Å². The predicted molar refractivity (Wildman–Crippen MR) is 73.5 cm³/mol. The number of aromatic nitrogens is 1. The second-order valence-electron chi connectivity index (χ2n) is 5.26. The monoisotopic (exact) mass is 314 g/mol. The highest BCUT2D eigenvalue weighted by Crippen LogP contribution is 2.26. The minimum atomic E-state index is -0.792. The van der Waals surface area contributed by atoms with E-state index in [9.17, 15) is 9.18 Å². The number of carbonyl (C=O) groups is 1. The fourth-order valence-corrected chi connectivity index (χ4v) is 2.97. The van der Waals surface area contributed by atoms with E-state index >= 15 is 0 Å². The number of likely N-dealkylation sites (tertiary alicyclic amines) is 1. The van der Waals surface area contributed by atoms with Crippen LogP contribution in [0.15, 0.2) is 12.3 Å². The first-order valence-electron chi connectivity index (χ1n) is 6.98. The average molecular weight is 315 g/mol. The normalized spacial score (nSPS) is 23.5. The van der Waals surface area contributed by atoms with Crippen LogP contribution in [0.1, 0.15) is 23.2 Å². The van der Waals surface area contributed by atoms with Gasteiger partial charge in [0.15, 0.2) is 6.29 Å². The van der Waals surface area contributed by atoms with Crippen LogP contribution in [0.4, 0.5) is 4.39 Å². The van der Waals surface area contributed by atoms with Gasteiger partial charge in [0, 0.05) is 25.2 Å². The van der Waals surface area contributed by atoms with Crippen LogP contribution in [-0.2, 0) is 9.47 Å². The van der Waals surface area contributed by atoms with Crippen molar-refractivity contribution in [3.63, 3.8) is 0 Å². The highest BCUT2D eigenvalue weighted by Gasteiger charge is 2.33. The number of hydrogen-bond acceptors (Lipinski definition) is 4. The van der Waals surface area contributed by atoms with Gasteiger partial charge in [-0.2, -0.15) is 4.39 Å². The largest absolute Gasteiger partial charge is 0.350 e. The van der Waals surface area contributed by atoms with E-state index in [0.717, 1.165) is 12.8 Å². The Balaban J connectivity index is 1.73. The number of ether oxygens (including phenoxy) is 2. The molecule has 0 radical (unpaired) electrons. The lowest BCUT2D eigenvalue weighted by Gasteiger charge is -2.34. The van der Waals surface area contributed by atoms with Gasteiger partial charge in [-0.3, -0.25) is 4.79 Å². The molecule has 1 amide bonds. The van der Waals surface area contributed by atoms with Gasteiger partial charge in [-0.05, 0) is 18.9 Å². The first-order valence-corrected chi connectivity index (χ1v) is 7.36. The molecule has 0 aromatic carbocycles. The molecule has 0 saturated carbocycles. The zero-order valence-electron chi connectivity index (χ0n) is 11.4. The SMILES string of the molecule is O=C(c1cc(Cl)cnc1F)N1CCCC(C2OCCO2)C1. The molecule has 1 unspecified atom stereocenters. The van der Waals surface area contributed by atoms with Gasteiger partial charge in [0.05, 0.1) is 23.8 Å². The fourth-order valence-electron chi connectivity index (χ4n) is 2.81. The van der Waals surface area contributed by atoms with E-state index in [1.807, 2.05) is 0 Å². The Morgan fingerprint density at radius 1 is 1.43 bits per heavy atom. The molecule has 5 nitrogen and oxygen atoms in total. The predicted octanol–water partition coefficient (Wildman–Crippen LogP) is 2.10. The van der Waals surface area contributed by atoms with E-state index in [1.54, 1.807) is 4.90 Å². The van der Waals surface area contributed by atoms with E-state index in [-0.39, 0.29) is 28.7 Å². The molecule has 0 N–H and O–H groups in total. The van der Waals surface area contributed by atoms with Crippen molar-refractivity contribution in [3.05, 3.63) is 28.8 Å². The molecule has 1 atom stereocenters. The molecule has 1 aromatic heterocycles. The molecule has 0 bridgehead atoms. The number of piperidine rings is 1. The van der Waals surface area contributed by atoms with Crippen molar-refractivity contribution in [2.45, 2.75) is 19.1 Å². The van der Waals surface area contributed by atoms with E-state index in [1.165, 1.54) is 12.3 Å². The van der Waals surface area contributed by atoms with Crippen LogP contribution in [0.5, 0.6) is 0 Å². The lowest BCUT2D eigenvalue weighted by molar-refractivity contribution is -0.0969. The molecule has 2 aliphatic heterocycles. The van der Waals surface area contributed by atoms with E-state index < -0.39 is 5.95 Å². The van der Waals surface area contributed by atoms with Gasteiger partial charge in [0.2, 0.25) is 5.95 Å². The van der Waals surface area contributed by atoms with Gasteiger partial charge in [-0.1, -0.05) is 11.6 Å². The molecule has 2 aliphatic rings. The molecule has 2 fully saturated rings. The van der Waals surface area contributed by atoms with Gasteiger partial charge in [0.1, 0.15) is 0 Å². The zero-order valence-corrected chi connectivity index (χ0v) is 12.2. The maximum atomic E-state index is 13.7. The number of pyridine rings is 1. The average Bonchev–Trinajstić information content (AvgIpc) is 3.03. The number of halogens is 2. The fraction of sp³-hybridized carbons (Fsp3) is 0.571. The molecule has 0 aliphatic carbocycles. The molecule has 3 heterocycles. The Bertz CT molecular complexity index is 537. The zero-order chi connectivity index (χ0) is 14.8. The number of amides is 1. The third-order valence-corrected chi connectivity index (χ3v) is 4.02. The molecule has 114 valence electrons. The Labute approximate surface area is 127 Å². The van der Waals surface area contributed by atoms with Crippen LogP contribution in [0.2, 0.25) is 5.02 Å². The second kappa shape index (κ2) is 6.25. The van der Waals surface area contributed by atoms with Crippen molar-refractivity contribution in [3.8, 4) is 0 Å². The Hall–Kier alpha value is -1.24. The number of carbonyl (C=O) groups excluding carboxylic acids is 1. The molecular weight excluding hydrogens is 299 g/mol. The highest BCUT2D eigenvalue weighted by molar-refractivity contribution is 6.30. The standard InChI is InChI=1S/C14H16ClFN2O3/c15-10-6-11(12(16)17-7-10)13(19)18-3-1-2-9(8-18)14-20-4-5-21-14/h6-7,9,14H,1-5,8H2. The van der Waals surface area contributed by atoms with Crippen LogP contribution in [-0.4, -0.2) is 48.4 Å². The van der Waals surface area contributed by atoms with Crippen molar-refractivity contribution in [2.24, 2.45) is 5.92 Å². The van der Waals surface area contributed by atoms with Gasteiger partial charge in [0.25, 0.3) is 5.91 Å². The number of hydrogen-bond donors (Lipinski definition) is 0. The summed E-state index contributed by atoms with van der Waals surface area (Å²) < 4.78 is 24.7. The van der Waals surface area contributed by atoms with Crippen molar-refractivity contribution in [1.29, 1.82) is 0 Å². The van der Waals surface area contributed by atoms with Crippen LogP contribution in [0.3, 0.4) is 0 Å². The summed E-state index contributed by atoms with van der Waals surface area (Å²) in [5, 5.41) is 0.246. The second-order valence-corrected chi connectivity index (χ2v) is 5.69. The Morgan fingerprint density at radius 2 is 2.19 bits per heavy atom. The van der Waals surface area contributed by atoms with Gasteiger partial charge in [-0.25, -0.2) is 4.98 Å². The van der Waals surface area contributed by atoms with Crippen molar-refractivity contribution < 1.29 is 18.7 Å². The van der Waals surface area contributed by atoms with Crippen molar-refractivity contribution in [1.82, 2.24) is 9.88 Å². The molecule has 3 rings (SSSR count). The summed E-state index contributed by atoms with van der Waals surface area (Å²) in [6.07, 6.45) is 2.70. The number of nitrogens with zero attached hydrogens (tertiary/aromatic N) is 2. The van der Waals surface area contributed by atoms with E-state index in [2.05, 4.69) is 4.98 Å². The molecule has 1 aromatic rings. The van der Waals surface area contributed by atoms with Gasteiger partial charge < -0.3 is 14.4 Å². The third-order valence-electron chi connectivity index (χ3n) is 3.81. The lowest BCUT2D eigenvalue weighted by Crippen LogP contribution is -2.44. The third kappa shape index (κ3) is 3.17. The summed E-state index contributed by atoms with van der Waals surface area (Å²) in [6, 6.07) is 1.32. The molecule has 2 saturated heterocycles. The van der Waals surface area contributed by atoms with Gasteiger partial charge >= 0.3 is 0 Å². The van der Waals surface area contributed by atoms with Crippen LogP contribution in [0, 0.1) is 11.9 Å². The van der Waals surface area contributed by atoms with Crippen molar-refractivity contribution in [2.75, 3.05) is 26.3 Å². The summed E-state index contributed by atoms with van der Waals surface area (Å²) in [5.41, 5.74) is -0.0867. The molecule has 21 heavy (non-hydrogen) atoms. The maximum absolute atomic E-state index is 13.7. The summed E-state index contributed by atoms with van der Waals surface area (Å²) >= 11 is 5.79. The minimum absolute atomic E-state index is 0.0867. The van der Waals surface area contributed by atoms with Crippen molar-refractivity contribution >= 4 is 17.5 Å². The molecular formula is C14H16ClFN2O3. The Morgan fingerprint density at radius 3 is 2.95 bits per heavy atom. The topological polar surface area (TPSA) is 51.7 Å². The van der Waals surface area contributed by atoms with Crippen LogP contribution < -0.4 is 0 Å². The molecule has 7 heteroatoms. The quantitative estimate of drug-likeness (QED) is 0.785. The number of rotatable bonds is 2. The first kappa shape index (κ1) is 14.7. The Kier molecular flexibility index (Phi) is 4.37. The summed E-state index contributed by atoms with van der Waals surface area (Å²) in [6.45, 7) is 2.26. The summed E-state index contributed by atoms with van der Waals surface area (Å²) in [7, 11) is 0. The van der Waals surface area contributed by atoms with E-state index in [0.29, 0.717) is 26.3 Å². The minimum Gasteiger partial charge on any atom is -0.350 e. The van der Waals surface area contributed by atoms with Crippen LogP contribution in [0.25, 0.3) is 0 Å². The maximum Gasteiger partial charge on any atom is 0.258 e. The van der Waals surface area contributed by atoms with Crippen LogP contribution >= 0.6 is 11.6 Å². The first-order chi connectivity index (χ1) is 10.1. The lowest BCUT2D eigenvalue weighted by atomic mass is 9.97. The smallest absolute Gasteiger partial charge is 0.258 e. The van der Waals surface area contributed by atoms with Gasteiger partial charge in [-0.15, -0.1) is 0 Å². The highest BCUT2D eigenvalue weighted by atomic mass is 35.5. The summed E-state index contributed by atoms with van der Waals surface area (Å²) in [4.78, 5) is 17.6.